The molecular weight excluding hydrogens is 324 g/mol. The average Bonchev–Trinajstić information content (AvgIpc) is 2.62. The van der Waals surface area contributed by atoms with Crippen LogP contribution in [0.25, 0.3) is 0 Å². The summed E-state index contributed by atoms with van der Waals surface area (Å²) in [5.74, 6) is 0.0721. The zero-order valence-electron chi connectivity index (χ0n) is 13.9. The first-order chi connectivity index (χ1) is 12.0. The number of aryl methyl sites for hydroxylation is 1. The highest BCUT2D eigenvalue weighted by Crippen LogP contribution is 2.21. The van der Waals surface area contributed by atoms with E-state index < -0.39 is 5.84 Å². The van der Waals surface area contributed by atoms with E-state index in [1.54, 1.807) is 29.2 Å². The molecular formula is C16H20N6O3. The van der Waals surface area contributed by atoms with Crippen LogP contribution >= 0.6 is 0 Å². The number of hydrazone groups is 1. The molecule has 1 saturated heterocycles. The van der Waals surface area contributed by atoms with Crippen molar-refractivity contribution >= 4 is 23.1 Å². The molecule has 4 N–H and O–H groups in total. The summed E-state index contributed by atoms with van der Waals surface area (Å²) >= 11 is 0. The smallest absolute Gasteiger partial charge is 0.260 e. The topological polar surface area (TPSA) is 137 Å². The summed E-state index contributed by atoms with van der Waals surface area (Å²) < 4.78 is 10.8. The van der Waals surface area contributed by atoms with E-state index in [0.717, 1.165) is 5.56 Å². The van der Waals surface area contributed by atoms with Gasteiger partial charge in [-0.05, 0) is 30.7 Å². The fourth-order valence-electron chi connectivity index (χ4n) is 2.16. The van der Waals surface area contributed by atoms with Gasteiger partial charge in [-0.3, -0.25) is 15.6 Å². The van der Waals surface area contributed by atoms with Gasteiger partial charge in [-0.2, -0.15) is 10.4 Å². The van der Waals surface area contributed by atoms with Crippen molar-refractivity contribution in [2.24, 2.45) is 10.8 Å². The van der Waals surface area contributed by atoms with Crippen LogP contribution in [-0.4, -0.2) is 55.3 Å². The van der Waals surface area contributed by atoms with Crippen LogP contribution in [0.5, 0.6) is 5.75 Å². The Morgan fingerprint density at radius 3 is 2.84 bits per heavy atom. The number of hydrogen-bond donors (Lipinski definition) is 3. The largest absolute Gasteiger partial charge is 0.484 e. The second kappa shape index (κ2) is 8.65. The van der Waals surface area contributed by atoms with E-state index >= 15 is 0 Å². The Morgan fingerprint density at radius 2 is 2.24 bits per heavy atom. The number of benzene rings is 1. The zero-order valence-corrected chi connectivity index (χ0v) is 13.9. The van der Waals surface area contributed by atoms with E-state index in [9.17, 15) is 4.79 Å². The van der Waals surface area contributed by atoms with Crippen LogP contribution in [0.15, 0.2) is 23.3 Å². The number of morpholine rings is 1. The van der Waals surface area contributed by atoms with Crippen molar-refractivity contribution < 1.29 is 14.3 Å². The first kappa shape index (κ1) is 18.2. The molecule has 0 radical (unpaired) electrons. The van der Waals surface area contributed by atoms with E-state index in [0.29, 0.717) is 37.7 Å². The summed E-state index contributed by atoms with van der Waals surface area (Å²) in [6.07, 6.45) is 0. The van der Waals surface area contributed by atoms with E-state index in [1.807, 2.05) is 6.92 Å². The van der Waals surface area contributed by atoms with Gasteiger partial charge < -0.3 is 20.1 Å². The van der Waals surface area contributed by atoms with Gasteiger partial charge in [-0.25, -0.2) is 0 Å². The molecule has 9 nitrogen and oxygen atoms in total. The highest BCUT2D eigenvalue weighted by molar-refractivity contribution is 6.45. The molecule has 0 spiro atoms. The molecule has 1 aliphatic heterocycles. The molecule has 0 aromatic heterocycles. The Morgan fingerprint density at radius 1 is 1.52 bits per heavy atom. The number of amidine groups is 1. The number of hydrogen-bond acceptors (Lipinski definition) is 7. The van der Waals surface area contributed by atoms with E-state index in [1.165, 1.54) is 0 Å². The minimum Gasteiger partial charge on any atom is -0.484 e. The van der Waals surface area contributed by atoms with Gasteiger partial charge in [0.25, 0.3) is 5.91 Å². The van der Waals surface area contributed by atoms with Gasteiger partial charge in [0, 0.05) is 13.1 Å². The number of anilines is 1. The van der Waals surface area contributed by atoms with Crippen LogP contribution in [0.3, 0.4) is 0 Å². The Balaban J connectivity index is 1.93. The third kappa shape index (κ3) is 5.19. The molecule has 0 atom stereocenters. The first-order valence-corrected chi connectivity index (χ1v) is 7.68. The van der Waals surface area contributed by atoms with Gasteiger partial charge in [0.2, 0.25) is 5.71 Å². The molecule has 2 rings (SSSR count). The monoisotopic (exact) mass is 344 g/mol. The van der Waals surface area contributed by atoms with Crippen LogP contribution in [0.2, 0.25) is 0 Å². The maximum absolute atomic E-state index is 12.1. The number of carbonyl (C=O) groups is 1. The first-order valence-electron chi connectivity index (χ1n) is 7.68. The fraction of sp³-hybridized carbons (Fsp3) is 0.375. The molecule has 1 aliphatic rings. The normalized spacial score (nSPS) is 14.6. The molecule has 0 saturated carbocycles. The third-order valence-corrected chi connectivity index (χ3v) is 3.57. The van der Waals surface area contributed by atoms with E-state index in [-0.39, 0.29) is 18.2 Å². The number of nitrogens with one attached hydrogen (secondary N) is 2. The van der Waals surface area contributed by atoms with Crippen molar-refractivity contribution in [2.75, 3.05) is 38.3 Å². The standard InChI is InChI=1S/C16H20N6O3/c1-11-8-12(25-10-15(23)22-4-6-24-7-5-22)2-3-13(11)20-21-14(9-17)16(18)19/h2-3,8,20H,4-7,10H2,1H3,(H3,18,19)/b21-14+. The van der Waals surface area contributed by atoms with Gasteiger partial charge in [0.05, 0.1) is 18.9 Å². The van der Waals surface area contributed by atoms with Crippen molar-refractivity contribution in [2.45, 2.75) is 6.92 Å². The van der Waals surface area contributed by atoms with Gasteiger partial charge in [-0.1, -0.05) is 0 Å². The second-order valence-electron chi connectivity index (χ2n) is 5.36. The van der Waals surface area contributed by atoms with Gasteiger partial charge in [0.1, 0.15) is 11.8 Å². The molecule has 132 valence electrons. The van der Waals surface area contributed by atoms with Gasteiger partial charge >= 0.3 is 0 Å². The van der Waals surface area contributed by atoms with Crippen LogP contribution in [0, 0.1) is 23.7 Å². The van der Waals surface area contributed by atoms with Gasteiger partial charge in [0.15, 0.2) is 12.4 Å². The molecule has 25 heavy (non-hydrogen) atoms. The lowest BCUT2D eigenvalue weighted by molar-refractivity contribution is -0.137. The minimum atomic E-state index is -0.408. The molecule has 1 heterocycles. The Labute approximate surface area is 145 Å². The fourth-order valence-corrected chi connectivity index (χ4v) is 2.16. The summed E-state index contributed by atoms with van der Waals surface area (Å²) in [6.45, 7) is 4.06. The number of rotatable bonds is 6. The molecule has 0 unspecified atom stereocenters. The summed E-state index contributed by atoms with van der Waals surface area (Å²) in [5.41, 5.74) is 9.17. The maximum Gasteiger partial charge on any atom is 0.260 e. The van der Waals surface area contributed by atoms with E-state index in [4.69, 9.17) is 25.9 Å². The van der Waals surface area contributed by atoms with Crippen molar-refractivity contribution in [3.8, 4) is 11.8 Å². The zero-order chi connectivity index (χ0) is 18.2. The number of carbonyl (C=O) groups excluding carboxylic acids is 1. The molecule has 1 fully saturated rings. The molecule has 0 bridgehead atoms. The lowest BCUT2D eigenvalue weighted by Crippen LogP contribution is -2.42. The maximum atomic E-state index is 12.1. The lowest BCUT2D eigenvalue weighted by Gasteiger charge is -2.26. The number of ether oxygens (including phenoxy) is 2. The molecule has 1 aromatic carbocycles. The molecule has 0 aliphatic carbocycles. The Kier molecular flexibility index (Phi) is 6.31. The summed E-state index contributed by atoms with van der Waals surface area (Å²) in [6, 6.07) is 6.89. The van der Waals surface area contributed by atoms with Crippen LogP contribution in [-0.2, 0) is 9.53 Å². The third-order valence-electron chi connectivity index (χ3n) is 3.57. The second-order valence-corrected chi connectivity index (χ2v) is 5.36. The SMILES string of the molecule is Cc1cc(OCC(=O)N2CCOCC2)ccc1N/N=C(\C#N)C(=N)N. The predicted octanol–water partition coefficient (Wildman–Crippen LogP) is 0.460. The molecule has 1 aromatic rings. The average molecular weight is 344 g/mol. The van der Waals surface area contributed by atoms with Crippen LogP contribution in [0.1, 0.15) is 5.56 Å². The predicted molar refractivity (Wildman–Crippen MR) is 92.7 cm³/mol. The van der Waals surface area contributed by atoms with Crippen LogP contribution in [0.4, 0.5) is 5.69 Å². The number of amides is 1. The van der Waals surface area contributed by atoms with Crippen molar-refractivity contribution in [1.29, 1.82) is 10.7 Å². The summed E-state index contributed by atoms with van der Waals surface area (Å²) in [7, 11) is 0. The lowest BCUT2D eigenvalue weighted by atomic mass is 10.2. The van der Waals surface area contributed by atoms with Crippen molar-refractivity contribution in [1.82, 2.24) is 4.90 Å². The van der Waals surface area contributed by atoms with Gasteiger partial charge in [-0.15, -0.1) is 0 Å². The van der Waals surface area contributed by atoms with Crippen molar-refractivity contribution in [3.05, 3.63) is 23.8 Å². The quantitative estimate of drug-likeness (QED) is 0.389. The highest BCUT2D eigenvalue weighted by Gasteiger charge is 2.17. The number of nitrogens with two attached hydrogens (primary N) is 1. The van der Waals surface area contributed by atoms with E-state index in [2.05, 4.69) is 10.5 Å². The molecule has 1 amide bonds. The number of nitriles is 1. The van der Waals surface area contributed by atoms with Crippen molar-refractivity contribution in [3.63, 3.8) is 0 Å². The molecule has 9 heteroatoms. The highest BCUT2D eigenvalue weighted by atomic mass is 16.5. The Bertz CT molecular complexity index is 719. The minimum absolute atomic E-state index is 0.0344. The summed E-state index contributed by atoms with van der Waals surface area (Å²) in [5, 5.41) is 19.8. The Hall–Kier alpha value is -3.12. The summed E-state index contributed by atoms with van der Waals surface area (Å²) in [4.78, 5) is 13.8. The van der Waals surface area contributed by atoms with Crippen LogP contribution < -0.4 is 15.9 Å². The number of nitrogens with zero attached hydrogens (tertiary/aromatic N) is 3.